The molecule has 2 heterocycles. The number of rotatable bonds is 4. The first-order chi connectivity index (χ1) is 14.1. The molecule has 0 unspecified atom stereocenters. The van der Waals surface area contributed by atoms with Crippen LogP contribution >= 0.6 is 0 Å². The summed E-state index contributed by atoms with van der Waals surface area (Å²) in [5.41, 5.74) is 5.98. The molecule has 0 fully saturated rings. The average Bonchev–Trinajstić information content (AvgIpc) is 3.16. The van der Waals surface area contributed by atoms with Crippen molar-refractivity contribution in [1.29, 1.82) is 5.26 Å². The first-order valence-electron chi connectivity index (χ1n) is 9.09. The maximum absolute atomic E-state index is 12.7. The molecular formula is C23H18N4O2. The number of nitrogens with one attached hydrogen (secondary N) is 1. The molecule has 1 N–H and O–H groups in total. The van der Waals surface area contributed by atoms with E-state index in [1.165, 1.54) is 6.20 Å². The van der Waals surface area contributed by atoms with Gasteiger partial charge in [0.05, 0.1) is 24.9 Å². The molecule has 2 aromatic carbocycles. The number of methoxy groups -OCH3 is 1. The van der Waals surface area contributed by atoms with Gasteiger partial charge in [-0.1, -0.05) is 18.2 Å². The van der Waals surface area contributed by atoms with Crippen molar-refractivity contribution in [1.82, 2.24) is 4.98 Å². The molecule has 1 amide bonds. The van der Waals surface area contributed by atoms with E-state index in [0.29, 0.717) is 29.1 Å². The number of benzene rings is 2. The van der Waals surface area contributed by atoms with E-state index in [1.807, 2.05) is 48.5 Å². The van der Waals surface area contributed by atoms with E-state index >= 15 is 0 Å². The first kappa shape index (κ1) is 18.4. The maximum Gasteiger partial charge on any atom is 0.274 e. The number of hydrogen-bond acceptors (Lipinski definition) is 5. The zero-order valence-corrected chi connectivity index (χ0v) is 16.1. The molecule has 0 aliphatic carbocycles. The van der Waals surface area contributed by atoms with Crippen LogP contribution in [0.15, 0.2) is 59.7 Å². The average molecular weight is 382 g/mol. The lowest BCUT2D eigenvalue weighted by molar-refractivity contribution is 0.102. The summed E-state index contributed by atoms with van der Waals surface area (Å²) in [6.45, 7) is 2.37. The minimum atomic E-state index is -0.315. The molecule has 6 nitrogen and oxygen atoms in total. The number of nitrogens with zero attached hydrogens (tertiary/aromatic N) is 3. The van der Waals surface area contributed by atoms with Crippen LogP contribution in [0, 0.1) is 18.3 Å². The number of aliphatic imine (C=N–C) groups is 1. The zero-order valence-electron chi connectivity index (χ0n) is 16.1. The molecular weight excluding hydrogens is 364 g/mol. The second kappa shape index (κ2) is 7.56. The summed E-state index contributed by atoms with van der Waals surface area (Å²) in [6.07, 6.45) is 1.40. The molecule has 0 spiro atoms. The van der Waals surface area contributed by atoms with E-state index < -0.39 is 0 Å². The van der Waals surface area contributed by atoms with Crippen molar-refractivity contribution >= 4 is 17.3 Å². The van der Waals surface area contributed by atoms with Crippen molar-refractivity contribution in [2.75, 3.05) is 12.4 Å². The zero-order chi connectivity index (χ0) is 20.4. The van der Waals surface area contributed by atoms with Crippen molar-refractivity contribution < 1.29 is 9.53 Å². The summed E-state index contributed by atoms with van der Waals surface area (Å²) in [4.78, 5) is 21.5. The largest absolute Gasteiger partial charge is 0.497 e. The van der Waals surface area contributed by atoms with Crippen molar-refractivity contribution in [2.45, 2.75) is 13.5 Å². The number of fused-ring (bicyclic) bond motifs is 1. The molecule has 0 saturated heterocycles. The van der Waals surface area contributed by atoms with E-state index in [0.717, 1.165) is 28.2 Å². The number of anilines is 1. The quantitative estimate of drug-likeness (QED) is 0.742. The number of pyridine rings is 1. The third-order valence-corrected chi connectivity index (χ3v) is 4.80. The second-order valence-electron chi connectivity index (χ2n) is 6.72. The Morgan fingerprint density at radius 3 is 2.83 bits per heavy atom. The summed E-state index contributed by atoms with van der Waals surface area (Å²) in [5.74, 6) is 0.454. The predicted molar refractivity (Wildman–Crippen MR) is 110 cm³/mol. The Balaban J connectivity index is 1.61. The third kappa shape index (κ3) is 3.58. The van der Waals surface area contributed by atoms with Crippen LogP contribution in [0.25, 0.3) is 0 Å². The second-order valence-corrected chi connectivity index (χ2v) is 6.72. The summed E-state index contributed by atoms with van der Waals surface area (Å²) in [6, 6.07) is 17.2. The third-order valence-electron chi connectivity index (χ3n) is 4.80. The highest BCUT2D eigenvalue weighted by Gasteiger charge is 2.19. The van der Waals surface area contributed by atoms with E-state index in [2.05, 4.69) is 15.3 Å². The molecule has 1 aliphatic heterocycles. The summed E-state index contributed by atoms with van der Waals surface area (Å²) < 4.78 is 5.32. The number of carbonyl (C=O) groups is 1. The fraction of sp³-hybridized carbons (Fsp3) is 0.130. The number of hydrogen-bond donors (Lipinski definition) is 1. The highest BCUT2D eigenvalue weighted by Crippen LogP contribution is 2.27. The molecule has 6 heteroatoms. The maximum atomic E-state index is 12.7. The van der Waals surface area contributed by atoms with Gasteiger partial charge in [-0.15, -0.1) is 0 Å². The van der Waals surface area contributed by atoms with Crippen LogP contribution < -0.4 is 10.1 Å². The van der Waals surface area contributed by atoms with Crippen LogP contribution in [-0.2, 0) is 6.54 Å². The minimum absolute atomic E-state index is 0.297. The lowest BCUT2D eigenvalue weighted by Crippen LogP contribution is -2.16. The Morgan fingerprint density at radius 1 is 1.21 bits per heavy atom. The van der Waals surface area contributed by atoms with Gasteiger partial charge in [0, 0.05) is 23.0 Å². The van der Waals surface area contributed by atoms with E-state index in [9.17, 15) is 4.79 Å². The van der Waals surface area contributed by atoms with Crippen LogP contribution in [0.2, 0.25) is 0 Å². The van der Waals surface area contributed by atoms with Gasteiger partial charge in [-0.25, -0.2) is 4.98 Å². The van der Waals surface area contributed by atoms with Gasteiger partial charge in [-0.2, -0.15) is 5.26 Å². The topological polar surface area (TPSA) is 87.4 Å². The standard InChI is InChI=1S/C23H18N4O2/c1-14-8-15(11-24)12-25-21(14)23(28)27-18-7-6-17-13-26-22(20(17)10-18)16-4-3-5-19(9-16)29-2/h3-10,12H,13H2,1-2H3,(H,27,28). The Hall–Kier alpha value is -3.98. The summed E-state index contributed by atoms with van der Waals surface area (Å²) >= 11 is 0. The molecule has 4 rings (SSSR count). The van der Waals surface area contributed by atoms with Crippen molar-refractivity contribution in [3.05, 3.63) is 88.2 Å². The van der Waals surface area contributed by atoms with Gasteiger partial charge >= 0.3 is 0 Å². The monoisotopic (exact) mass is 382 g/mol. The van der Waals surface area contributed by atoms with Crippen LogP contribution in [0.5, 0.6) is 5.75 Å². The van der Waals surface area contributed by atoms with Crippen LogP contribution in [0.1, 0.15) is 38.3 Å². The van der Waals surface area contributed by atoms with Crippen molar-refractivity contribution in [3.8, 4) is 11.8 Å². The Kier molecular flexibility index (Phi) is 4.80. The SMILES string of the molecule is COc1cccc(C2=NCc3ccc(NC(=O)c4ncc(C#N)cc4C)cc32)c1. The highest BCUT2D eigenvalue weighted by atomic mass is 16.5. The number of aromatic nitrogens is 1. The molecule has 29 heavy (non-hydrogen) atoms. The summed E-state index contributed by atoms with van der Waals surface area (Å²) in [7, 11) is 1.64. The Morgan fingerprint density at radius 2 is 2.07 bits per heavy atom. The van der Waals surface area contributed by atoms with Crippen molar-refractivity contribution in [3.63, 3.8) is 0 Å². The molecule has 0 radical (unpaired) electrons. The number of aryl methyl sites for hydroxylation is 1. The fourth-order valence-electron chi connectivity index (χ4n) is 3.34. The Labute approximate surface area is 168 Å². The predicted octanol–water partition coefficient (Wildman–Crippen LogP) is 3.87. The molecule has 0 saturated carbocycles. The molecule has 3 aromatic rings. The summed E-state index contributed by atoms with van der Waals surface area (Å²) in [5, 5.41) is 11.9. The number of nitriles is 1. The van der Waals surface area contributed by atoms with Gasteiger partial charge in [-0.05, 0) is 48.4 Å². The number of ether oxygens (including phenoxy) is 1. The fourth-order valence-corrected chi connectivity index (χ4v) is 3.34. The minimum Gasteiger partial charge on any atom is -0.497 e. The Bertz CT molecular complexity index is 1190. The van der Waals surface area contributed by atoms with Gasteiger partial charge in [-0.3, -0.25) is 9.79 Å². The number of amides is 1. The van der Waals surface area contributed by atoms with E-state index in [-0.39, 0.29) is 5.91 Å². The first-order valence-corrected chi connectivity index (χ1v) is 9.09. The smallest absolute Gasteiger partial charge is 0.274 e. The lowest BCUT2D eigenvalue weighted by atomic mass is 9.99. The van der Waals surface area contributed by atoms with Gasteiger partial charge in [0.1, 0.15) is 17.5 Å². The van der Waals surface area contributed by atoms with Gasteiger partial charge in [0.2, 0.25) is 0 Å². The van der Waals surface area contributed by atoms with Gasteiger partial charge in [0.15, 0.2) is 0 Å². The van der Waals surface area contributed by atoms with Crippen LogP contribution in [0.4, 0.5) is 5.69 Å². The molecule has 0 atom stereocenters. The highest BCUT2D eigenvalue weighted by molar-refractivity contribution is 6.16. The van der Waals surface area contributed by atoms with Gasteiger partial charge < -0.3 is 10.1 Å². The van der Waals surface area contributed by atoms with Crippen molar-refractivity contribution in [2.24, 2.45) is 4.99 Å². The normalized spacial score (nSPS) is 12.0. The molecule has 1 aromatic heterocycles. The van der Waals surface area contributed by atoms with Gasteiger partial charge in [0.25, 0.3) is 5.91 Å². The molecule has 0 bridgehead atoms. The van der Waals surface area contributed by atoms with Crippen LogP contribution in [-0.4, -0.2) is 23.7 Å². The molecule has 1 aliphatic rings. The molecule has 142 valence electrons. The lowest BCUT2D eigenvalue weighted by Gasteiger charge is -2.10. The van der Waals surface area contributed by atoms with E-state index in [4.69, 9.17) is 10.00 Å². The van der Waals surface area contributed by atoms with Crippen LogP contribution in [0.3, 0.4) is 0 Å². The van der Waals surface area contributed by atoms with E-state index in [1.54, 1.807) is 20.1 Å². The number of carbonyl (C=O) groups excluding carboxylic acids is 1.